The average molecular weight is 472 g/mol. The van der Waals surface area contributed by atoms with Crippen LogP contribution in [0.25, 0.3) is 0 Å². The lowest BCUT2D eigenvalue weighted by atomic mass is 9.64. The number of nitro benzene ring substituents is 1. The van der Waals surface area contributed by atoms with Gasteiger partial charge in [-0.15, -0.1) is 0 Å². The average Bonchev–Trinajstić information content (AvgIpc) is 2.75. The first-order valence-corrected chi connectivity index (χ1v) is 11.3. The second-order valence-corrected chi connectivity index (χ2v) is 9.97. The number of carbonyl (C=O) groups excluding carboxylic acids is 4. The summed E-state index contributed by atoms with van der Waals surface area (Å²) in [6.07, 6.45) is 0.505. The highest BCUT2D eigenvalue weighted by molar-refractivity contribution is 6.20. The van der Waals surface area contributed by atoms with E-state index in [-0.39, 0.29) is 31.1 Å². The number of ether oxygens (including phenoxy) is 1. The lowest BCUT2D eigenvalue weighted by Gasteiger charge is -2.55. The van der Waals surface area contributed by atoms with Gasteiger partial charge in [-0.3, -0.25) is 34.7 Å². The molecule has 11 heteroatoms. The molecule has 11 nitrogen and oxygen atoms in total. The Morgan fingerprint density at radius 3 is 2.62 bits per heavy atom. The van der Waals surface area contributed by atoms with Gasteiger partial charge < -0.3 is 9.64 Å². The van der Waals surface area contributed by atoms with Gasteiger partial charge in [0.15, 0.2) is 5.41 Å². The largest absolute Gasteiger partial charge is 0.466 e. The molecular formula is C23H28N4O7. The first-order valence-electron chi connectivity index (χ1n) is 11.3. The zero-order valence-electron chi connectivity index (χ0n) is 19.6. The number of nitrogens with one attached hydrogen (secondary N) is 1. The molecule has 1 spiro atoms. The molecule has 4 amide bonds. The van der Waals surface area contributed by atoms with Crippen LogP contribution >= 0.6 is 0 Å². The van der Waals surface area contributed by atoms with E-state index < -0.39 is 45.7 Å². The van der Waals surface area contributed by atoms with Crippen LogP contribution in [0, 0.1) is 21.4 Å². The lowest BCUT2D eigenvalue weighted by Crippen LogP contribution is -2.75. The van der Waals surface area contributed by atoms with E-state index in [1.54, 1.807) is 33.8 Å². The van der Waals surface area contributed by atoms with Crippen molar-refractivity contribution in [1.82, 2.24) is 10.2 Å². The molecule has 2 saturated heterocycles. The number of hydrogen-bond donors (Lipinski definition) is 1. The predicted octanol–water partition coefficient (Wildman–Crippen LogP) is 2.16. The van der Waals surface area contributed by atoms with Crippen LogP contribution in [-0.2, 0) is 25.5 Å². The summed E-state index contributed by atoms with van der Waals surface area (Å²) >= 11 is 0. The number of esters is 1. The second kappa shape index (κ2) is 8.07. The number of barbiturate groups is 1. The number of rotatable bonds is 3. The Morgan fingerprint density at radius 1 is 1.29 bits per heavy atom. The summed E-state index contributed by atoms with van der Waals surface area (Å²) < 4.78 is 5.21. The van der Waals surface area contributed by atoms with Crippen LogP contribution in [-0.4, -0.2) is 58.4 Å². The molecule has 3 aliphatic rings. The smallest absolute Gasteiger partial charge is 0.331 e. The minimum absolute atomic E-state index is 0.120. The first-order chi connectivity index (χ1) is 15.9. The minimum atomic E-state index is -1.73. The van der Waals surface area contributed by atoms with E-state index >= 15 is 0 Å². The fourth-order valence-electron chi connectivity index (χ4n) is 5.43. The maximum absolute atomic E-state index is 14.0. The van der Waals surface area contributed by atoms with Crippen molar-refractivity contribution in [3.8, 4) is 0 Å². The molecule has 3 unspecified atom stereocenters. The van der Waals surface area contributed by atoms with Gasteiger partial charge in [-0.25, -0.2) is 4.79 Å². The third kappa shape index (κ3) is 3.50. The Kier molecular flexibility index (Phi) is 5.61. The molecule has 3 aliphatic heterocycles. The Balaban J connectivity index is 1.88. The van der Waals surface area contributed by atoms with Crippen LogP contribution < -0.4 is 10.2 Å². The van der Waals surface area contributed by atoms with Crippen molar-refractivity contribution in [3.63, 3.8) is 0 Å². The van der Waals surface area contributed by atoms with Crippen molar-refractivity contribution in [3.05, 3.63) is 33.9 Å². The maximum atomic E-state index is 14.0. The molecule has 0 radical (unpaired) electrons. The molecule has 3 heterocycles. The van der Waals surface area contributed by atoms with Crippen molar-refractivity contribution >= 4 is 35.2 Å². The maximum Gasteiger partial charge on any atom is 0.331 e. The molecule has 1 aromatic rings. The van der Waals surface area contributed by atoms with Gasteiger partial charge in [-0.2, -0.15) is 0 Å². The first kappa shape index (κ1) is 23.7. The van der Waals surface area contributed by atoms with Crippen LogP contribution in [0.1, 0.15) is 46.1 Å². The van der Waals surface area contributed by atoms with Crippen molar-refractivity contribution in [2.45, 2.75) is 58.5 Å². The second-order valence-electron chi connectivity index (χ2n) is 9.97. The van der Waals surface area contributed by atoms with Gasteiger partial charge in [-0.1, -0.05) is 0 Å². The number of benzene rings is 1. The van der Waals surface area contributed by atoms with Gasteiger partial charge in [-0.05, 0) is 52.2 Å². The summed E-state index contributed by atoms with van der Waals surface area (Å²) in [6, 6.07) is 2.86. The number of imide groups is 2. The van der Waals surface area contributed by atoms with E-state index in [0.717, 1.165) is 4.90 Å². The fraction of sp³-hybridized carbons (Fsp3) is 0.565. The highest BCUT2D eigenvalue weighted by Crippen LogP contribution is 2.50. The summed E-state index contributed by atoms with van der Waals surface area (Å²) in [7, 11) is 0. The van der Waals surface area contributed by atoms with E-state index in [1.165, 1.54) is 12.1 Å². The Morgan fingerprint density at radius 2 is 2.00 bits per heavy atom. The molecule has 2 fully saturated rings. The van der Waals surface area contributed by atoms with Gasteiger partial charge in [0.1, 0.15) is 0 Å². The number of urea groups is 1. The number of hydrogen-bond acceptors (Lipinski definition) is 8. The van der Waals surface area contributed by atoms with E-state index in [4.69, 9.17) is 4.74 Å². The van der Waals surface area contributed by atoms with Gasteiger partial charge in [0.2, 0.25) is 11.8 Å². The lowest BCUT2D eigenvalue weighted by molar-refractivity contribution is -0.384. The molecule has 1 aromatic carbocycles. The summed E-state index contributed by atoms with van der Waals surface area (Å²) in [5.74, 6) is -2.32. The molecule has 3 atom stereocenters. The molecule has 0 bridgehead atoms. The predicted molar refractivity (Wildman–Crippen MR) is 120 cm³/mol. The van der Waals surface area contributed by atoms with Crippen LogP contribution in [0.15, 0.2) is 18.2 Å². The normalized spacial score (nSPS) is 26.6. The summed E-state index contributed by atoms with van der Waals surface area (Å²) in [4.78, 5) is 66.6. The minimum Gasteiger partial charge on any atom is -0.466 e. The molecular weight excluding hydrogens is 444 g/mol. The topological polar surface area (TPSA) is 139 Å². The number of anilines is 1. The zero-order chi connectivity index (χ0) is 25.0. The highest BCUT2D eigenvalue weighted by atomic mass is 16.6. The van der Waals surface area contributed by atoms with Crippen LogP contribution in [0.2, 0.25) is 0 Å². The monoisotopic (exact) mass is 472 g/mol. The van der Waals surface area contributed by atoms with Crippen molar-refractivity contribution in [1.29, 1.82) is 0 Å². The standard InChI is InChI=1S/C23H28N4O7/c1-5-34-18(28)13-8-9-25-16-7-6-15(27(32)33)10-14(16)12-23(17(25)11-13)19(29)24-21(31)26(20(23)30)22(2,3)4/h6-7,10,13,17H,5,8-9,11-12H2,1-4H3,(H,24,29,31). The van der Waals surface area contributed by atoms with E-state index in [9.17, 15) is 29.3 Å². The van der Waals surface area contributed by atoms with Gasteiger partial charge >= 0.3 is 12.0 Å². The molecule has 182 valence electrons. The highest BCUT2D eigenvalue weighted by Gasteiger charge is 2.64. The number of piperidine rings is 1. The number of carbonyl (C=O) groups is 4. The van der Waals surface area contributed by atoms with Crippen molar-refractivity contribution in [2.75, 3.05) is 18.1 Å². The van der Waals surface area contributed by atoms with Crippen molar-refractivity contribution in [2.24, 2.45) is 11.3 Å². The molecule has 0 saturated carbocycles. The third-order valence-corrected chi connectivity index (χ3v) is 6.93. The SMILES string of the molecule is CCOC(=O)C1CCN2c3ccc([N+](=O)[O-])cc3CC3(C(=O)NC(=O)N(C(C)(C)C)C3=O)C2C1. The van der Waals surface area contributed by atoms with Crippen LogP contribution in [0.5, 0.6) is 0 Å². The fourth-order valence-corrected chi connectivity index (χ4v) is 5.43. The van der Waals surface area contributed by atoms with E-state index in [2.05, 4.69) is 5.32 Å². The summed E-state index contributed by atoms with van der Waals surface area (Å²) in [6.45, 7) is 7.35. The van der Waals surface area contributed by atoms with Gasteiger partial charge in [0, 0.05) is 36.3 Å². The van der Waals surface area contributed by atoms with Crippen LogP contribution in [0.3, 0.4) is 0 Å². The number of non-ortho nitro benzene ring substituents is 1. The molecule has 4 rings (SSSR count). The number of nitrogens with zero attached hydrogens (tertiary/aromatic N) is 3. The van der Waals surface area contributed by atoms with Crippen molar-refractivity contribution < 1.29 is 28.8 Å². The number of fused-ring (bicyclic) bond motifs is 4. The number of amides is 4. The van der Waals surface area contributed by atoms with E-state index in [0.29, 0.717) is 24.2 Å². The molecule has 1 N–H and O–H groups in total. The summed E-state index contributed by atoms with van der Waals surface area (Å²) in [5.41, 5.74) is -1.64. The van der Waals surface area contributed by atoms with Gasteiger partial charge in [0.25, 0.3) is 5.69 Å². The third-order valence-electron chi connectivity index (χ3n) is 6.93. The summed E-state index contributed by atoms with van der Waals surface area (Å²) in [5, 5.41) is 13.8. The Labute approximate surface area is 196 Å². The quantitative estimate of drug-likeness (QED) is 0.306. The van der Waals surface area contributed by atoms with Gasteiger partial charge in [0.05, 0.1) is 23.5 Å². The van der Waals surface area contributed by atoms with Crippen LogP contribution in [0.4, 0.5) is 16.2 Å². The van der Waals surface area contributed by atoms with E-state index in [1.807, 2.05) is 4.90 Å². The number of nitro groups is 1. The molecule has 34 heavy (non-hydrogen) atoms. The Bertz CT molecular complexity index is 1100. The molecule has 0 aliphatic carbocycles. The zero-order valence-corrected chi connectivity index (χ0v) is 19.6. The Hall–Kier alpha value is -3.50. The molecule has 0 aromatic heterocycles.